The van der Waals surface area contributed by atoms with Crippen molar-refractivity contribution in [3.8, 4) is 12.0 Å². The van der Waals surface area contributed by atoms with E-state index in [1.165, 1.54) is 77.0 Å². The van der Waals surface area contributed by atoms with Gasteiger partial charge in [0.2, 0.25) is 0 Å². The topological polar surface area (TPSA) is 71.1 Å². The second-order valence-corrected chi connectivity index (χ2v) is 9.51. The molecule has 0 aliphatic rings. The molecule has 31 heavy (non-hydrogen) atoms. The molecule has 0 aliphatic heterocycles. The van der Waals surface area contributed by atoms with E-state index in [0.717, 1.165) is 12.8 Å². The van der Waals surface area contributed by atoms with E-state index < -0.39 is 10.1 Å². The van der Waals surface area contributed by atoms with Gasteiger partial charge >= 0.3 is 10.1 Å². The van der Waals surface area contributed by atoms with Crippen LogP contribution in [0.2, 0.25) is 0 Å². The lowest BCUT2D eigenvalue weighted by molar-refractivity contribution is -0.127. The largest absolute Gasteiger partial charge is 0.379 e. The summed E-state index contributed by atoms with van der Waals surface area (Å²) in [6.07, 6.45) is 21.4. The molecular weight excluding hydrogens is 416 g/mol. The van der Waals surface area contributed by atoms with Crippen molar-refractivity contribution in [2.24, 2.45) is 0 Å². The van der Waals surface area contributed by atoms with Gasteiger partial charge in [-0.05, 0) is 17.7 Å². The van der Waals surface area contributed by atoms with Crippen LogP contribution in [0.25, 0.3) is 0 Å². The molecule has 0 radical (unpaired) electrons. The van der Waals surface area contributed by atoms with Crippen LogP contribution < -0.4 is 0 Å². The van der Waals surface area contributed by atoms with Crippen LogP contribution >= 0.6 is 0 Å². The van der Waals surface area contributed by atoms with Gasteiger partial charge in [-0.1, -0.05) is 96.3 Å². The maximum absolute atomic E-state index is 11.6. The van der Waals surface area contributed by atoms with E-state index in [2.05, 4.69) is 28.2 Å². The maximum Gasteiger partial charge on any atom is 0.306 e. The molecule has 0 aromatic rings. The zero-order chi connectivity index (χ0) is 22.9. The van der Waals surface area contributed by atoms with Crippen molar-refractivity contribution in [3.05, 3.63) is 0 Å². The van der Waals surface area contributed by atoms with E-state index >= 15 is 0 Å². The molecule has 0 saturated carbocycles. The van der Waals surface area contributed by atoms with Crippen LogP contribution in [0.5, 0.6) is 0 Å². The van der Waals surface area contributed by atoms with Gasteiger partial charge in [-0.2, -0.15) is 8.42 Å². The fraction of sp³-hybridized carbons (Fsp3) is 0.917. The molecule has 7 heteroatoms. The number of unbranched alkanes of at least 4 members (excludes halogenated alkanes) is 14. The van der Waals surface area contributed by atoms with Crippen molar-refractivity contribution >= 4 is 10.1 Å². The first-order chi connectivity index (χ1) is 15.1. The average Bonchev–Trinajstić information content (AvgIpc) is 2.75. The van der Waals surface area contributed by atoms with Crippen molar-refractivity contribution in [1.29, 1.82) is 0 Å². The van der Waals surface area contributed by atoms with Gasteiger partial charge < -0.3 is 9.47 Å². The highest BCUT2D eigenvalue weighted by Gasteiger charge is 2.12. The molecule has 0 rings (SSSR count). The Balaban J connectivity index is 3.36. The first kappa shape index (κ1) is 30.2. The molecule has 0 saturated heterocycles. The number of rotatable bonds is 23. The van der Waals surface area contributed by atoms with E-state index in [1.807, 2.05) is 6.92 Å². The minimum Gasteiger partial charge on any atom is -0.379 e. The van der Waals surface area contributed by atoms with Crippen molar-refractivity contribution in [2.75, 3.05) is 32.2 Å². The second kappa shape index (κ2) is 23.8. The van der Waals surface area contributed by atoms with Gasteiger partial charge in [0.05, 0.1) is 19.8 Å². The van der Waals surface area contributed by atoms with Gasteiger partial charge in [0.25, 0.3) is 0 Å². The summed E-state index contributed by atoms with van der Waals surface area (Å²) >= 11 is 0. The summed E-state index contributed by atoms with van der Waals surface area (Å²) in [5.41, 5.74) is 0. The molecule has 0 unspecified atom stereocenters. The van der Waals surface area contributed by atoms with E-state index in [-0.39, 0.29) is 12.4 Å². The Labute approximate surface area is 191 Å². The average molecular weight is 463 g/mol. The molecule has 0 fully saturated rings. The molecule has 184 valence electrons. The van der Waals surface area contributed by atoms with E-state index in [9.17, 15) is 8.42 Å². The lowest BCUT2D eigenvalue weighted by Gasteiger charge is -2.04. The highest BCUT2D eigenvalue weighted by atomic mass is 32.2. The smallest absolute Gasteiger partial charge is 0.306 e. The lowest BCUT2D eigenvalue weighted by atomic mass is 10.0. The quantitative estimate of drug-likeness (QED) is 0.0785. The van der Waals surface area contributed by atoms with Gasteiger partial charge in [0.1, 0.15) is 5.75 Å². The van der Waals surface area contributed by atoms with Gasteiger partial charge in [-0.25, -0.2) is 0 Å². The molecule has 6 nitrogen and oxygen atoms in total. The monoisotopic (exact) mass is 462 g/mol. The molecule has 0 atom stereocenters. The first-order valence-electron chi connectivity index (χ1n) is 12.3. The molecule has 0 aliphatic carbocycles. The third-order valence-electron chi connectivity index (χ3n) is 4.96. The fourth-order valence-electron chi connectivity index (χ4n) is 3.12. The summed E-state index contributed by atoms with van der Waals surface area (Å²) in [6.45, 7) is 5.58. The van der Waals surface area contributed by atoms with Crippen molar-refractivity contribution in [1.82, 2.24) is 0 Å². The summed E-state index contributed by atoms with van der Waals surface area (Å²) in [7, 11) is -3.79. The summed E-state index contributed by atoms with van der Waals surface area (Å²) in [5, 5.41) is 0. The third kappa shape index (κ3) is 25.3. The lowest BCUT2D eigenvalue weighted by Crippen LogP contribution is -2.16. The molecule has 0 spiro atoms. The molecular formula is C24H46O6S. The maximum atomic E-state index is 11.6. The Bertz CT molecular complexity index is 524. The van der Waals surface area contributed by atoms with Crippen LogP contribution in [0.15, 0.2) is 0 Å². The minimum atomic E-state index is -3.79. The SMILES string of the molecule is CCCCCCCCCCCCCCCCC#COOS(=O)(=O)CCOCCOCC. The van der Waals surface area contributed by atoms with E-state index in [0.29, 0.717) is 26.2 Å². The Morgan fingerprint density at radius 3 is 1.71 bits per heavy atom. The number of hydrogen-bond donors (Lipinski definition) is 0. The molecule has 0 N–H and O–H groups in total. The normalized spacial score (nSPS) is 11.3. The Kier molecular flexibility index (Phi) is 23.2. The van der Waals surface area contributed by atoms with Crippen LogP contribution in [0.1, 0.15) is 110 Å². The number of hydrogen-bond acceptors (Lipinski definition) is 6. The second-order valence-electron chi connectivity index (χ2n) is 7.85. The minimum absolute atomic E-state index is 0.0330. The van der Waals surface area contributed by atoms with Crippen molar-refractivity contribution < 1.29 is 27.1 Å². The van der Waals surface area contributed by atoms with E-state index in [4.69, 9.17) is 9.47 Å². The molecule has 0 amide bonds. The van der Waals surface area contributed by atoms with E-state index in [1.54, 1.807) is 0 Å². The predicted molar refractivity (Wildman–Crippen MR) is 126 cm³/mol. The van der Waals surface area contributed by atoms with Crippen molar-refractivity contribution in [3.63, 3.8) is 0 Å². The van der Waals surface area contributed by atoms with Crippen LogP contribution in [-0.4, -0.2) is 40.6 Å². The summed E-state index contributed by atoms with van der Waals surface area (Å²) in [4.78, 5) is 4.48. The summed E-state index contributed by atoms with van der Waals surface area (Å²) in [6, 6.07) is 0. The van der Waals surface area contributed by atoms with Crippen LogP contribution in [0.3, 0.4) is 0 Å². The highest BCUT2D eigenvalue weighted by molar-refractivity contribution is 7.86. The van der Waals surface area contributed by atoms with Gasteiger partial charge in [-0.15, -0.1) is 0 Å². The van der Waals surface area contributed by atoms with Crippen LogP contribution in [0.4, 0.5) is 0 Å². The van der Waals surface area contributed by atoms with Gasteiger partial charge in [-0.3, -0.25) is 4.89 Å². The molecule has 0 heterocycles. The summed E-state index contributed by atoms with van der Waals surface area (Å²) in [5.74, 6) is 2.50. The predicted octanol–water partition coefficient (Wildman–Crippen LogP) is 6.15. The zero-order valence-electron chi connectivity index (χ0n) is 20.0. The van der Waals surface area contributed by atoms with Gasteiger partial charge in [0, 0.05) is 13.0 Å². The Morgan fingerprint density at radius 1 is 0.645 bits per heavy atom. The molecule has 0 bridgehead atoms. The van der Waals surface area contributed by atoms with Gasteiger partial charge in [0.15, 0.2) is 6.11 Å². The third-order valence-corrected chi connectivity index (χ3v) is 5.90. The molecule has 0 aromatic carbocycles. The standard InChI is InChI=1S/C24H46O6S/c1-3-5-6-7-8-9-10-11-12-13-14-15-16-17-18-19-20-29-30-31(25,26)24-23-28-22-21-27-4-2/h3-18,21-24H2,1-2H3. The Hall–Kier alpha value is -0.810. The van der Waals surface area contributed by atoms with Crippen molar-refractivity contribution in [2.45, 2.75) is 110 Å². The molecule has 0 aromatic heterocycles. The zero-order valence-corrected chi connectivity index (χ0v) is 20.8. The first-order valence-corrected chi connectivity index (χ1v) is 13.9. The summed E-state index contributed by atoms with van der Waals surface area (Å²) < 4.78 is 37.7. The van der Waals surface area contributed by atoms with Crippen LogP contribution in [0, 0.1) is 12.0 Å². The number of ether oxygens (including phenoxy) is 2. The Morgan fingerprint density at radius 2 is 1.16 bits per heavy atom. The highest BCUT2D eigenvalue weighted by Crippen LogP contribution is 2.13. The van der Waals surface area contributed by atoms with Crippen LogP contribution in [-0.2, 0) is 28.8 Å². The fourth-order valence-corrected chi connectivity index (χ4v) is 3.64.